The van der Waals surface area contributed by atoms with E-state index in [2.05, 4.69) is 26.2 Å². The number of pyridine rings is 1. The van der Waals surface area contributed by atoms with Gasteiger partial charge in [-0.3, -0.25) is 9.59 Å². The highest BCUT2D eigenvalue weighted by Crippen LogP contribution is 2.24. The van der Waals surface area contributed by atoms with Crippen LogP contribution in [0.25, 0.3) is 0 Å². The Morgan fingerprint density at radius 2 is 2.06 bits per heavy atom. The minimum absolute atomic E-state index is 0.158. The molecule has 1 aliphatic carbocycles. The normalized spacial score (nSPS) is 24.3. The van der Waals surface area contributed by atoms with Crippen LogP contribution in [0.2, 0.25) is 0 Å². The Morgan fingerprint density at radius 1 is 1.35 bits per heavy atom. The van der Waals surface area contributed by atoms with Crippen molar-refractivity contribution in [2.45, 2.75) is 36.6 Å². The molecular formula is C12H15BrN2O2. The SMILES string of the molecule is O=C(NC1CCC(Br)CC1)c1cc[nH]c(=O)c1. The molecule has 5 heteroatoms. The summed E-state index contributed by atoms with van der Waals surface area (Å²) in [6.07, 6.45) is 5.64. The number of hydrogen-bond acceptors (Lipinski definition) is 2. The summed E-state index contributed by atoms with van der Waals surface area (Å²) in [6.45, 7) is 0. The fourth-order valence-corrected chi connectivity index (χ4v) is 2.58. The number of nitrogens with one attached hydrogen (secondary N) is 2. The van der Waals surface area contributed by atoms with Crippen molar-refractivity contribution in [2.24, 2.45) is 0 Å². The minimum Gasteiger partial charge on any atom is -0.349 e. The van der Waals surface area contributed by atoms with Gasteiger partial charge < -0.3 is 10.3 Å². The van der Waals surface area contributed by atoms with E-state index in [1.807, 2.05) is 0 Å². The van der Waals surface area contributed by atoms with Crippen LogP contribution >= 0.6 is 15.9 Å². The molecule has 0 atom stereocenters. The summed E-state index contributed by atoms with van der Waals surface area (Å²) in [4.78, 5) is 26.0. The van der Waals surface area contributed by atoms with Gasteiger partial charge >= 0.3 is 0 Å². The van der Waals surface area contributed by atoms with Crippen molar-refractivity contribution in [3.05, 3.63) is 34.2 Å². The predicted molar refractivity (Wildman–Crippen MR) is 69.5 cm³/mol. The van der Waals surface area contributed by atoms with Gasteiger partial charge in [0.15, 0.2) is 0 Å². The Bertz CT molecular complexity index is 450. The zero-order chi connectivity index (χ0) is 12.3. The van der Waals surface area contributed by atoms with Crippen LogP contribution in [0.5, 0.6) is 0 Å². The first-order valence-corrected chi connectivity index (χ1v) is 6.70. The Morgan fingerprint density at radius 3 is 2.71 bits per heavy atom. The summed E-state index contributed by atoms with van der Waals surface area (Å²) in [5.74, 6) is -0.158. The van der Waals surface area contributed by atoms with E-state index in [9.17, 15) is 9.59 Å². The van der Waals surface area contributed by atoms with Gasteiger partial charge in [-0.2, -0.15) is 0 Å². The molecule has 0 aromatic carbocycles. The van der Waals surface area contributed by atoms with Gasteiger partial charge in [-0.1, -0.05) is 15.9 Å². The number of carbonyl (C=O) groups excluding carboxylic acids is 1. The van der Waals surface area contributed by atoms with E-state index in [0.717, 1.165) is 25.7 Å². The van der Waals surface area contributed by atoms with E-state index in [0.29, 0.717) is 10.4 Å². The van der Waals surface area contributed by atoms with Crippen LogP contribution in [-0.4, -0.2) is 21.8 Å². The minimum atomic E-state index is -0.248. The van der Waals surface area contributed by atoms with E-state index in [4.69, 9.17) is 0 Å². The number of H-pyrrole nitrogens is 1. The lowest BCUT2D eigenvalue weighted by molar-refractivity contribution is 0.0928. The van der Waals surface area contributed by atoms with Crippen LogP contribution in [0, 0.1) is 0 Å². The molecule has 1 aliphatic rings. The summed E-state index contributed by atoms with van der Waals surface area (Å²) in [7, 11) is 0. The van der Waals surface area contributed by atoms with Crippen molar-refractivity contribution >= 4 is 21.8 Å². The second-order valence-corrected chi connectivity index (χ2v) is 5.66. The van der Waals surface area contributed by atoms with Crippen molar-refractivity contribution in [2.75, 3.05) is 0 Å². The lowest BCUT2D eigenvalue weighted by Crippen LogP contribution is -2.38. The smallest absolute Gasteiger partial charge is 0.251 e. The van der Waals surface area contributed by atoms with Crippen molar-refractivity contribution in [1.82, 2.24) is 10.3 Å². The van der Waals surface area contributed by atoms with E-state index in [1.54, 1.807) is 6.07 Å². The van der Waals surface area contributed by atoms with Gasteiger partial charge in [0, 0.05) is 28.7 Å². The Kier molecular flexibility index (Phi) is 3.99. The number of alkyl halides is 1. The first-order valence-electron chi connectivity index (χ1n) is 5.79. The maximum absolute atomic E-state index is 11.9. The molecule has 0 saturated heterocycles. The van der Waals surface area contributed by atoms with E-state index < -0.39 is 0 Å². The van der Waals surface area contributed by atoms with Crippen molar-refractivity contribution < 1.29 is 4.79 Å². The molecule has 0 spiro atoms. The second-order valence-electron chi connectivity index (χ2n) is 4.36. The molecule has 1 amide bonds. The molecule has 92 valence electrons. The highest BCUT2D eigenvalue weighted by molar-refractivity contribution is 9.09. The molecule has 1 aromatic rings. The zero-order valence-electron chi connectivity index (χ0n) is 9.41. The van der Waals surface area contributed by atoms with Gasteiger partial charge in [0.1, 0.15) is 0 Å². The van der Waals surface area contributed by atoms with Crippen molar-refractivity contribution in [1.29, 1.82) is 0 Å². The van der Waals surface area contributed by atoms with Gasteiger partial charge in [-0.15, -0.1) is 0 Å². The van der Waals surface area contributed by atoms with E-state index in [1.165, 1.54) is 12.3 Å². The lowest BCUT2D eigenvalue weighted by Gasteiger charge is -2.25. The van der Waals surface area contributed by atoms with Crippen LogP contribution < -0.4 is 10.9 Å². The van der Waals surface area contributed by atoms with Gasteiger partial charge in [0.2, 0.25) is 5.56 Å². The molecule has 1 fully saturated rings. The van der Waals surface area contributed by atoms with E-state index in [-0.39, 0.29) is 17.5 Å². The van der Waals surface area contributed by atoms with Gasteiger partial charge in [-0.05, 0) is 31.7 Å². The van der Waals surface area contributed by atoms with Gasteiger partial charge in [-0.25, -0.2) is 0 Å². The van der Waals surface area contributed by atoms with Crippen LogP contribution in [-0.2, 0) is 0 Å². The third-order valence-electron chi connectivity index (χ3n) is 3.03. The third kappa shape index (κ3) is 3.43. The van der Waals surface area contributed by atoms with Gasteiger partial charge in [0.05, 0.1) is 0 Å². The maximum Gasteiger partial charge on any atom is 0.251 e. The average molecular weight is 299 g/mol. The monoisotopic (exact) mass is 298 g/mol. The molecule has 1 saturated carbocycles. The highest BCUT2D eigenvalue weighted by Gasteiger charge is 2.21. The summed E-state index contributed by atoms with van der Waals surface area (Å²) in [6, 6.07) is 3.17. The number of rotatable bonds is 2. The van der Waals surface area contributed by atoms with Crippen molar-refractivity contribution in [3.8, 4) is 0 Å². The Balaban J connectivity index is 1.95. The molecule has 17 heavy (non-hydrogen) atoms. The van der Waals surface area contributed by atoms with Gasteiger partial charge in [0.25, 0.3) is 5.91 Å². The number of aromatic amines is 1. The number of hydrogen-bond donors (Lipinski definition) is 2. The molecule has 1 heterocycles. The first kappa shape index (κ1) is 12.4. The second kappa shape index (κ2) is 5.49. The third-order valence-corrected chi connectivity index (χ3v) is 3.94. The fraction of sp³-hybridized carbons (Fsp3) is 0.500. The Labute approximate surface area is 108 Å². The van der Waals surface area contributed by atoms with Crippen molar-refractivity contribution in [3.63, 3.8) is 0 Å². The molecule has 2 N–H and O–H groups in total. The standard InChI is InChI=1S/C12H15BrN2O2/c13-9-1-3-10(4-2-9)15-12(17)8-5-6-14-11(16)7-8/h5-7,9-10H,1-4H2,(H,14,16)(H,15,17). The largest absolute Gasteiger partial charge is 0.349 e. The highest BCUT2D eigenvalue weighted by atomic mass is 79.9. The molecule has 0 aliphatic heterocycles. The fourth-order valence-electron chi connectivity index (χ4n) is 2.05. The Hall–Kier alpha value is -1.10. The summed E-state index contributed by atoms with van der Waals surface area (Å²) >= 11 is 3.58. The molecule has 0 radical (unpaired) electrons. The summed E-state index contributed by atoms with van der Waals surface area (Å²) in [5.41, 5.74) is 0.177. The predicted octanol–water partition coefficient (Wildman–Crippen LogP) is 1.81. The molecule has 0 bridgehead atoms. The summed E-state index contributed by atoms with van der Waals surface area (Å²) < 4.78 is 0. The zero-order valence-corrected chi connectivity index (χ0v) is 11.0. The van der Waals surface area contributed by atoms with E-state index >= 15 is 0 Å². The first-order chi connectivity index (χ1) is 8.15. The number of amides is 1. The molecular weight excluding hydrogens is 284 g/mol. The molecule has 2 rings (SSSR count). The van der Waals surface area contributed by atoms with Crippen LogP contribution in [0.3, 0.4) is 0 Å². The van der Waals surface area contributed by atoms with Crippen LogP contribution in [0.1, 0.15) is 36.0 Å². The maximum atomic E-state index is 11.9. The average Bonchev–Trinajstić information content (AvgIpc) is 2.32. The number of halogens is 1. The topological polar surface area (TPSA) is 62.0 Å². The quantitative estimate of drug-likeness (QED) is 0.818. The lowest BCUT2D eigenvalue weighted by atomic mass is 9.95. The van der Waals surface area contributed by atoms with Crippen LogP contribution in [0.15, 0.2) is 23.1 Å². The molecule has 4 nitrogen and oxygen atoms in total. The molecule has 1 aromatic heterocycles. The molecule has 0 unspecified atom stereocenters. The number of aromatic nitrogens is 1. The summed E-state index contributed by atoms with van der Waals surface area (Å²) in [5, 5.41) is 2.97. The number of carbonyl (C=O) groups is 1. The van der Waals surface area contributed by atoms with Crippen LogP contribution in [0.4, 0.5) is 0 Å².